The molecule has 0 radical (unpaired) electrons. The molecular weight excluding hydrogens is 328 g/mol. The Morgan fingerprint density at radius 3 is 1.70 bits per heavy atom. The van der Waals surface area contributed by atoms with Crippen LogP contribution >= 0.6 is 0 Å². The van der Waals surface area contributed by atoms with Gasteiger partial charge in [0.2, 0.25) is 0 Å². The second-order valence-corrected chi connectivity index (χ2v) is 7.92. The highest BCUT2D eigenvalue weighted by Gasteiger charge is 2.01. The molecule has 0 fully saturated rings. The smallest absolute Gasteiger partial charge is 0.127 e. The average molecular weight is 369 g/mol. The second kappa shape index (κ2) is 14.5. The number of unbranched alkanes of at least 4 members (excludes halogenated alkanes) is 13. The Kier molecular flexibility index (Phi) is 11.7. The molecule has 0 amide bonds. The third kappa shape index (κ3) is 9.31. The molecule has 0 aliphatic rings. The van der Waals surface area contributed by atoms with Gasteiger partial charge in [-0.15, -0.1) is 0 Å². The van der Waals surface area contributed by atoms with Crippen LogP contribution in [0, 0.1) is 0 Å². The van der Waals surface area contributed by atoms with Crippen molar-refractivity contribution in [1.29, 1.82) is 0 Å². The molecule has 0 spiro atoms. The third-order valence-electron chi connectivity index (χ3n) is 5.51. The summed E-state index contributed by atoms with van der Waals surface area (Å²) < 4.78 is 6.03. The van der Waals surface area contributed by atoms with Gasteiger partial charge < -0.3 is 4.74 Å². The van der Waals surface area contributed by atoms with Crippen molar-refractivity contribution in [2.45, 2.75) is 96.8 Å². The molecule has 0 saturated carbocycles. The summed E-state index contributed by atoms with van der Waals surface area (Å²) in [6, 6.07) is 14.8. The fraction of sp³-hybridized carbons (Fsp3) is 0.615. The summed E-state index contributed by atoms with van der Waals surface area (Å²) in [4.78, 5) is 0. The summed E-state index contributed by atoms with van der Waals surface area (Å²) in [5.74, 6) is 1.03. The van der Waals surface area contributed by atoms with Gasteiger partial charge in [0.15, 0.2) is 0 Å². The minimum absolute atomic E-state index is 0.839. The van der Waals surface area contributed by atoms with Crippen molar-refractivity contribution in [2.24, 2.45) is 0 Å². The summed E-state index contributed by atoms with van der Waals surface area (Å²) in [6.45, 7) is 3.13. The first-order valence-corrected chi connectivity index (χ1v) is 11.5. The maximum atomic E-state index is 6.03. The molecule has 0 N–H and O–H groups in total. The number of benzene rings is 2. The van der Waals surface area contributed by atoms with E-state index in [2.05, 4.69) is 49.4 Å². The minimum Gasteiger partial charge on any atom is -0.493 e. The van der Waals surface area contributed by atoms with Gasteiger partial charge in [0, 0.05) is 5.39 Å². The molecule has 2 aromatic rings. The predicted octanol–water partition coefficient (Wildman–Crippen LogP) is 8.70. The van der Waals surface area contributed by atoms with Gasteiger partial charge in [-0.1, -0.05) is 127 Å². The van der Waals surface area contributed by atoms with E-state index in [9.17, 15) is 0 Å². The molecular formula is C26H40O. The SMILES string of the molecule is CCCCCCCCCCCCCCCCOc1cccc2ccccc12. The highest BCUT2D eigenvalue weighted by Crippen LogP contribution is 2.25. The van der Waals surface area contributed by atoms with Crippen molar-refractivity contribution in [3.63, 3.8) is 0 Å². The van der Waals surface area contributed by atoms with Gasteiger partial charge in [0.1, 0.15) is 5.75 Å². The number of rotatable bonds is 16. The Labute approximate surface area is 167 Å². The number of hydrogen-bond donors (Lipinski definition) is 0. The van der Waals surface area contributed by atoms with Gasteiger partial charge in [-0.05, 0) is 17.9 Å². The Balaban J connectivity index is 1.40. The van der Waals surface area contributed by atoms with Crippen LogP contribution < -0.4 is 4.74 Å². The number of hydrogen-bond acceptors (Lipinski definition) is 1. The van der Waals surface area contributed by atoms with Gasteiger partial charge in [-0.25, -0.2) is 0 Å². The van der Waals surface area contributed by atoms with Crippen molar-refractivity contribution in [2.75, 3.05) is 6.61 Å². The summed E-state index contributed by atoms with van der Waals surface area (Å²) in [5.41, 5.74) is 0. The van der Waals surface area contributed by atoms with E-state index in [0.717, 1.165) is 12.4 Å². The lowest BCUT2D eigenvalue weighted by molar-refractivity contribution is 0.307. The zero-order chi connectivity index (χ0) is 19.0. The third-order valence-corrected chi connectivity index (χ3v) is 5.51. The van der Waals surface area contributed by atoms with Crippen LogP contribution in [-0.2, 0) is 0 Å². The van der Waals surface area contributed by atoms with E-state index in [0.29, 0.717) is 0 Å². The lowest BCUT2D eigenvalue weighted by Crippen LogP contribution is -1.97. The van der Waals surface area contributed by atoms with Crippen molar-refractivity contribution in [3.8, 4) is 5.75 Å². The first-order valence-electron chi connectivity index (χ1n) is 11.5. The molecule has 0 bridgehead atoms. The molecule has 0 saturated heterocycles. The van der Waals surface area contributed by atoms with Crippen molar-refractivity contribution < 1.29 is 4.74 Å². The Hall–Kier alpha value is -1.50. The van der Waals surface area contributed by atoms with E-state index >= 15 is 0 Å². The Morgan fingerprint density at radius 2 is 1.07 bits per heavy atom. The van der Waals surface area contributed by atoms with E-state index in [1.165, 1.54) is 101 Å². The average Bonchev–Trinajstić information content (AvgIpc) is 2.71. The molecule has 0 aromatic heterocycles. The van der Waals surface area contributed by atoms with Crippen LogP contribution in [0.3, 0.4) is 0 Å². The molecule has 0 heterocycles. The molecule has 1 nitrogen and oxygen atoms in total. The molecule has 27 heavy (non-hydrogen) atoms. The van der Waals surface area contributed by atoms with Crippen LogP contribution in [0.1, 0.15) is 96.8 Å². The monoisotopic (exact) mass is 368 g/mol. The first-order chi connectivity index (χ1) is 13.4. The topological polar surface area (TPSA) is 9.23 Å². The van der Waals surface area contributed by atoms with Gasteiger partial charge in [-0.3, -0.25) is 0 Å². The molecule has 2 rings (SSSR count). The lowest BCUT2D eigenvalue weighted by Gasteiger charge is -2.09. The minimum atomic E-state index is 0.839. The largest absolute Gasteiger partial charge is 0.493 e. The van der Waals surface area contributed by atoms with Crippen molar-refractivity contribution in [1.82, 2.24) is 0 Å². The molecule has 150 valence electrons. The molecule has 0 atom stereocenters. The first kappa shape index (κ1) is 21.8. The summed E-state index contributed by atoms with van der Waals surface area (Å²) >= 11 is 0. The molecule has 1 heteroatoms. The highest BCUT2D eigenvalue weighted by atomic mass is 16.5. The maximum absolute atomic E-state index is 6.03. The Bertz CT molecular complexity index is 599. The standard InChI is InChI=1S/C26H40O/c1-2-3-4-5-6-7-8-9-10-11-12-13-14-17-23-27-26-22-18-20-24-19-15-16-21-25(24)26/h15-16,18-22H,2-14,17,23H2,1H3. The molecule has 0 aliphatic carbocycles. The van der Waals surface area contributed by atoms with Crippen LogP contribution in [0.25, 0.3) is 10.8 Å². The van der Waals surface area contributed by atoms with Crippen LogP contribution in [0.4, 0.5) is 0 Å². The summed E-state index contributed by atoms with van der Waals surface area (Å²) in [6.07, 6.45) is 19.5. The number of ether oxygens (including phenoxy) is 1. The second-order valence-electron chi connectivity index (χ2n) is 7.92. The van der Waals surface area contributed by atoms with Gasteiger partial charge >= 0.3 is 0 Å². The van der Waals surface area contributed by atoms with Crippen LogP contribution in [0.2, 0.25) is 0 Å². The summed E-state index contributed by atoms with van der Waals surface area (Å²) in [5, 5.41) is 2.49. The van der Waals surface area contributed by atoms with E-state index in [-0.39, 0.29) is 0 Å². The van der Waals surface area contributed by atoms with Gasteiger partial charge in [0.25, 0.3) is 0 Å². The van der Waals surface area contributed by atoms with Crippen molar-refractivity contribution >= 4 is 10.8 Å². The maximum Gasteiger partial charge on any atom is 0.127 e. The Morgan fingerprint density at radius 1 is 0.556 bits per heavy atom. The van der Waals surface area contributed by atoms with E-state index in [1.54, 1.807) is 0 Å². The van der Waals surface area contributed by atoms with Crippen molar-refractivity contribution in [3.05, 3.63) is 42.5 Å². The summed E-state index contributed by atoms with van der Waals surface area (Å²) in [7, 11) is 0. The zero-order valence-corrected chi connectivity index (χ0v) is 17.6. The highest BCUT2D eigenvalue weighted by molar-refractivity contribution is 5.88. The van der Waals surface area contributed by atoms with E-state index in [1.807, 2.05) is 0 Å². The van der Waals surface area contributed by atoms with E-state index < -0.39 is 0 Å². The zero-order valence-electron chi connectivity index (χ0n) is 17.6. The molecule has 2 aromatic carbocycles. The fourth-order valence-corrected chi connectivity index (χ4v) is 3.80. The fourth-order valence-electron chi connectivity index (χ4n) is 3.80. The van der Waals surface area contributed by atoms with E-state index in [4.69, 9.17) is 4.74 Å². The lowest BCUT2D eigenvalue weighted by atomic mass is 10.0. The van der Waals surface area contributed by atoms with Crippen LogP contribution in [0.5, 0.6) is 5.75 Å². The van der Waals surface area contributed by atoms with Gasteiger partial charge in [0.05, 0.1) is 6.61 Å². The van der Waals surface area contributed by atoms with Crippen LogP contribution in [-0.4, -0.2) is 6.61 Å². The molecule has 0 aliphatic heterocycles. The number of fused-ring (bicyclic) bond motifs is 1. The predicted molar refractivity (Wildman–Crippen MR) is 120 cm³/mol. The molecule has 0 unspecified atom stereocenters. The quantitative estimate of drug-likeness (QED) is 0.269. The normalized spacial score (nSPS) is 11.1. The van der Waals surface area contributed by atoms with Gasteiger partial charge in [-0.2, -0.15) is 0 Å². The van der Waals surface area contributed by atoms with Crippen LogP contribution in [0.15, 0.2) is 42.5 Å².